The van der Waals surface area contributed by atoms with Gasteiger partial charge < -0.3 is 16.0 Å². The zero-order chi connectivity index (χ0) is 21.4. The summed E-state index contributed by atoms with van der Waals surface area (Å²) in [6.45, 7) is 10.4. The minimum atomic E-state index is 0.0875. The van der Waals surface area contributed by atoms with Crippen LogP contribution in [0.15, 0.2) is 24.5 Å². The summed E-state index contributed by atoms with van der Waals surface area (Å²) in [6.07, 6.45) is 12.4. The Hall–Kier alpha value is -2.21. The molecule has 3 N–H and O–H groups in total. The first-order chi connectivity index (χ1) is 14.4. The van der Waals surface area contributed by atoms with E-state index >= 15 is 0 Å². The molecule has 6 nitrogen and oxygen atoms in total. The second-order valence-corrected chi connectivity index (χ2v) is 9.37. The van der Waals surface area contributed by atoms with Crippen molar-refractivity contribution in [2.45, 2.75) is 90.8 Å². The van der Waals surface area contributed by atoms with Crippen LogP contribution in [0.25, 0.3) is 11.3 Å². The molecular formula is C24H38N6. The fraction of sp³-hybridized carbons (Fsp3) is 0.625. The summed E-state index contributed by atoms with van der Waals surface area (Å²) in [4.78, 5) is 14.1. The van der Waals surface area contributed by atoms with Crippen LogP contribution in [0.5, 0.6) is 0 Å². The quantitative estimate of drug-likeness (QED) is 0.482. The zero-order valence-corrected chi connectivity index (χ0v) is 19.1. The molecule has 2 aromatic rings. The van der Waals surface area contributed by atoms with Crippen LogP contribution in [0.3, 0.4) is 0 Å². The average molecular weight is 411 g/mol. The summed E-state index contributed by atoms with van der Waals surface area (Å²) in [5.74, 6) is 1.58. The highest BCUT2D eigenvalue weighted by molar-refractivity contribution is 5.72. The molecule has 164 valence electrons. The van der Waals surface area contributed by atoms with Gasteiger partial charge in [-0.05, 0) is 51.7 Å². The van der Waals surface area contributed by atoms with E-state index in [1.807, 2.05) is 12.4 Å². The molecule has 3 rings (SSSR count). The highest BCUT2D eigenvalue weighted by Crippen LogP contribution is 2.28. The number of unbranched alkanes of at least 4 members (excludes halogenated alkanes) is 1. The lowest BCUT2D eigenvalue weighted by atomic mass is 9.95. The maximum atomic E-state index is 4.82. The van der Waals surface area contributed by atoms with Gasteiger partial charge >= 0.3 is 0 Å². The molecule has 1 aliphatic rings. The predicted octanol–water partition coefficient (Wildman–Crippen LogP) is 5.38. The van der Waals surface area contributed by atoms with E-state index < -0.39 is 0 Å². The Balaban J connectivity index is 1.78. The van der Waals surface area contributed by atoms with Crippen molar-refractivity contribution in [2.75, 3.05) is 17.2 Å². The molecule has 0 radical (unpaired) electrons. The molecule has 1 saturated carbocycles. The Morgan fingerprint density at radius 1 is 1.03 bits per heavy atom. The van der Waals surface area contributed by atoms with E-state index in [2.05, 4.69) is 60.8 Å². The molecule has 0 amide bonds. The van der Waals surface area contributed by atoms with Crippen LogP contribution >= 0.6 is 0 Å². The Kier molecular flexibility index (Phi) is 8.02. The Bertz CT molecular complexity index is 775. The van der Waals surface area contributed by atoms with Crippen molar-refractivity contribution in [3.05, 3.63) is 30.1 Å². The largest absolute Gasteiger partial charge is 0.367 e. The van der Waals surface area contributed by atoms with Crippen molar-refractivity contribution in [2.24, 2.45) is 0 Å². The highest BCUT2D eigenvalue weighted by Gasteiger charge is 2.18. The lowest BCUT2D eigenvalue weighted by molar-refractivity contribution is 0.424. The van der Waals surface area contributed by atoms with Gasteiger partial charge in [0.1, 0.15) is 5.82 Å². The van der Waals surface area contributed by atoms with Crippen molar-refractivity contribution in [1.29, 1.82) is 0 Å². The summed E-state index contributed by atoms with van der Waals surface area (Å²) in [6, 6.07) is 4.69. The second kappa shape index (κ2) is 10.7. The van der Waals surface area contributed by atoms with Crippen molar-refractivity contribution < 1.29 is 0 Å². The van der Waals surface area contributed by atoms with E-state index in [1.54, 1.807) is 0 Å². The first-order valence-corrected chi connectivity index (χ1v) is 11.5. The third kappa shape index (κ3) is 6.94. The summed E-state index contributed by atoms with van der Waals surface area (Å²) in [5.41, 5.74) is 3.14. The minimum absolute atomic E-state index is 0.0875. The fourth-order valence-electron chi connectivity index (χ4n) is 3.64. The van der Waals surface area contributed by atoms with Gasteiger partial charge in [0.25, 0.3) is 0 Å². The van der Waals surface area contributed by atoms with Crippen molar-refractivity contribution in [3.63, 3.8) is 0 Å². The van der Waals surface area contributed by atoms with Gasteiger partial charge in [0.15, 0.2) is 0 Å². The number of nitrogens with zero attached hydrogens (tertiary/aromatic N) is 3. The first-order valence-electron chi connectivity index (χ1n) is 11.5. The molecule has 6 heteroatoms. The van der Waals surface area contributed by atoms with E-state index in [1.165, 1.54) is 37.7 Å². The number of hydrogen-bond donors (Lipinski definition) is 3. The highest BCUT2D eigenvalue weighted by atomic mass is 15.1. The standard InChI is InChI=1S/C24H38N6/c1-5-6-14-25-23-27-17-20(22(30-23)29-19-10-8-7-9-11-19)21-13-12-18(15-26-21)16-28-24(2,3)4/h12-13,15,17,19,28H,5-11,14,16H2,1-4H3,(H2,25,27,29,30). The van der Waals surface area contributed by atoms with Crippen LogP contribution in [0.1, 0.15) is 78.2 Å². The normalized spacial score (nSPS) is 15.2. The van der Waals surface area contributed by atoms with Crippen LogP contribution in [-0.4, -0.2) is 33.1 Å². The first kappa shape index (κ1) is 22.5. The average Bonchev–Trinajstić information content (AvgIpc) is 2.73. The van der Waals surface area contributed by atoms with Gasteiger partial charge in [-0.15, -0.1) is 0 Å². The van der Waals surface area contributed by atoms with E-state index in [-0.39, 0.29) is 5.54 Å². The molecular weight excluding hydrogens is 372 g/mol. The Morgan fingerprint density at radius 3 is 2.50 bits per heavy atom. The SMILES string of the molecule is CCCCNc1ncc(-c2ccc(CNC(C)(C)C)cn2)c(NC2CCCCC2)n1. The van der Waals surface area contributed by atoms with Crippen LogP contribution in [0.2, 0.25) is 0 Å². The zero-order valence-electron chi connectivity index (χ0n) is 19.1. The van der Waals surface area contributed by atoms with Crippen LogP contribution in [0.4, 0.5) is 11.8 Å². The third-order valence-electron chi connectivity index (χ3n) is 5.47. The maximum Gasteiger partial charge on any atom is 0.224 e. The Labute approximate surface area is 181 Å². The number of pyridine rings is 1. The molecule has 0 aliphatic heterocycles. The monoisotopic (exact) mass is 410 g/mol. The summed E-state index contributed by atoms with van der Waals surface area (Å²) in [7, 11) is 0. The second-order valence-electron chi connectivity index (χ2n) is 9.37. The maximum absolute atomic E-state index is 4.82. The van der Waals surface area contributed by atoms with Crippen LogP contribution < -0.4 is 16.0 Å². The number of hydrogen-bond acceptors (Lipinski definition) is 6. The minimum Gasteiger partial charge on any atom is -0.367 e. The van der Waals surface area contributed by atoms with Gasteiger partial charge in [-0.2, -0.15) is 4.98 Å². The van der Waals surface area contributed by atoms with Crippen molar-refractivity contribution in [1.82, 2.24) is 20.3 Å². The topological polar surface area (TPSA) is 74.8 Å². The molecule has 2 heterocycles. The van der Waals surface area contributed by atoms with E-state index in [4.69, 9.17) is 9.97 Å². The third-order valence-corrected chi connectivity index (χ3v) is 5.47. The predicted molar refractivity (Wildman–Crippen MR) is 126 cm³/mol. The molecule has 0 bridgehead atoms. The molecule has 2 aromatic heterocycles. The lowest BCUT2D eigenvalue weighted by Crippen LogP contribution is -2.35. The van der Waals surface area contributed by atoms with Gasteiger partial charge in [-0.1, -0.05) is 38.7 Å². The molecule has 0 aromatic carbocycles. The van der Waals surface area contributed by atoms with E-state index in [9.17, 15) is 0 Å². The van der Waals surface area contributed by atoms with E-state index in [0.717, 1.165) is 43.0 Å². The van der Waals surface area contributed by atoms with Crippen molar-refractivity contribution in [3.8, 4) is 11.3 Å². The number of nitrogens with one attached hydrogen (secondary N) is 3. The lowest BCUT2D eigenvalue weighted by Gasteiger charge is -2.24. The molecule has 0 spiro atoms. The van der Waals surface area contributed by atoms with Crippen LogP contribution in [0, 0.1) is 0 Å². The summed E-state index contributed by atoms with van der Waals surface area (Å²) >= 11 is 0. The fourth-order valence-corrected chi connectivity index (χ4v) is 3.64. The van der Waals surface area contributed by atoms with Gasteiger partial charge in [0, 0.05) is 37.1 Å². The molecule has 30 heavy (non-hydrogen) atoms. The van der Waals surface area contributed by atoms with Gasteiger partial charge in [-0.3, -0.25) is 4.98 Å². The van der Waals surface area contributed by atoms with E-state index in [0.29, 0.717) is 12.0 Å². The Morgan fingerprint density at radius 2 is 1.83 bits per heavy atom. The van der Waals surface area contributed by atoms with Gasteiger partial charge in [-0.25, -0.2) is 4.98 Å². The summed E-state index contributed by atoms with van der Waals surface area (Å²) < 4.78 is 0. The molecule has 0 atom stereocenters. The molecule has 0 unspecified atom stereocenters. The number of rotatable bonds is 9. The van der Waals surface area contributed by atoms with Gasteiger partial charge in [0.05, 0.1) is 11.3 Å². The molecule has 1 fully saturated rings. The van der Waals surface area contributed by atoms with Crippen molar-refractivity contribution >= 4 is 11.8 Å². The summed E-state index contributed by atoms with van der Waals surface area (Å²) in [5, 5.41) is 10.6. The molecule has 0 saturated heterocycles. The molecule has 1 aliphatic carbocycles. The smallest absolute Gasteiger partial charge is 0.224 e. The van der Waals surface area contributed by atoms with Gasteiger partial charge in [0.2, 0.25) is 5.95 Å². The number of aromatic nitrogens is 3. The van der Waals surface area contributed by atoms with Crippen LogP contribution in [-0.2, 0) is 6.54 Å². The number of anilines is 2.